The third-order valence-corrected chi connectivity index (χ3v) is 5.91. The minimum atomic E-state index is -1.30. The first-order valence-electron chi connectivity index (χ1n) is 6.64. The Bertz CT molecular complexity index is 784. The number of thiazole rings is 1. The second-order valence-electron chi connectivity index (χ2n) is 5.72. The fourth-order valence-corrected chi connectivity index (χ4v) is 3.86. The monoisotopic (exact) mass is 337 g/mol. The molecule has 0 aliphatic heterocycles. The fourth-order valence-electron chi connectivity index (χ4n) is 1.70. The van der Waals surface area contributed by atoms with E-state index in [1.165, 1.54) is 17.6 Å². The topological polar surface area (TPSA) is 82.0 Å². The van der Waals surface area contributed by atoms with Crippen LogP contribution in [0, 0.1) is 0 Å². The van der Waals surface area contributed by atoms with Gasteiger partial charge in [0.25, 0.3) is 0 Å². The maximum atomic E-state index is 12.4. The summed E-state index contributed by atoms with van der Waals surface area (Å²) in [6.45, 7) is 6.29. The van der Waals surface area contributed by atoms with Gasteiger partial charge in [-0.25, -0.2) is 4.98 Å². The van der Waals surface area contributed by atoms with Crippen LogP contribution in [0.1, 0.15) is 31.5 Å². The molecule has 8 heteroatoms. The second kappa shape index (κ2) is 5.77. The van der Waals surface area contributed by atoms with E-state index in [0.717, 1.165) is 4.88 Å². The molecule has 0 bridgehead atoms. The molecule has 1 unspecified atom stereocenters. The maximum Gasteiger partial charge on any atom is 0.240 e. The number of nitrogens with zero attached hydrogens (tertiary/aromatic N) is 3. The number of rotatable bonds is 4. The van der Waals surface area contributed by atoms with Gasteiger partial charge in [-0.1, -0.05) is 25.9 Å². The Morgan fingerprint density at radius 1 is 1.36 bits per heavy atom. The molecule has 22 heavy (non-hydrogen) atoms. The van der Waals surface area contributed by atoms with Gasteiger partial charge in [-0.2, -0.15) is 4.98 Å². The lowest BCUT2D eigenvalue weighted by atomic mass is 9.96. The van der Waals surface area contributed by atoms with Crippen LogP contribution in [0.5, 0.6) is 0 Å². The van der Waals surface area contributed by atoms with Gasteiger partial charge in [0.05, 0.1) is 17.1 Å². The van der Waals surface area contributed by atoms with Crippen LogP contribution in [-0.2, 0) is 22.0 Å². The van der Waals surface area contributed by atoms with E-state index in [1.54, 1.807) is 18.3 Å². The minimum absolute atomic E-state index is 0.00292. The Morgan fingerprint density at radius 2 is 2.18 bits per heavy atom. The predicted molar refractivity (Wildman–Crippen MR) is 82.9 cm³/mol. The highest BCUT2D eigenvalue weighted by Gasteiger charge is 2.21. The first-order valence-corrected chi connectivity index (χ1v) is 8.78. The van der Waals surface area contributed by atoms with Crippen LogP contribution in [0.3, 0.4) is 0 Å². The quantitative estimate of drug-likeness (QED) is 0.726. The second-order valence-corrected chi connectivity index (χ2v) is 8.37. The molecule has 116 valence electrons. The molecule has 0 spiro atoms. The normalized spacial score (nSPS) is 13.4. The highest BCUT2D eigenvalue weighted by atomic mass is 32.2. The van der Waals surface area contributed by atoms with Gasteiger partial charge < -0.3 is 8.94 Å². The van der Waals surface area contributed by atoms with Crippen LogP contribution < -0.4 is 0 Å². The molecule has 0 aliphatic rings. The SMILES string of the molecule is CC(C)(C)c1cnc(S(=O)Cc2nc(-c3ccco3)no2)s1. The number of hydrogen-bond donors (Lipinski definition) is 0. The molecule has 0 aromatic carbocycles. The van der Waals surface area contributed by atoms with Gasteiger partial charge in [-0.3, -0.25) is 4.21 Å². The summed E-state index contributed by atoms with van der Waals surface area (Å²) in [4.78, 5) is 9.53. The van der Waals surface area contributed by atoms with Crippen molar-refractivity contribution in [3.8, 4) is 11.6 Å². The molecule has 0 amide bonds. The lowest BCUT2D eigenvalue weighted by Crippen LogP contribution is -2.07. The largest absolute Gasteiger partial charge is 0.461 e. The molecule has 0 fully saturated rings. The molecule has 1 atom stereocenters. The van der Waals surface area contributed by atoms with Crippen molar-refractivity contribution in [1.82, 2.24) is 15.1 Å². The van der Waals surface area contributed by atoms with Gasteiger partial charge in [0.2, 0.25) is 11.7 Å². The van der Waals surface area contributed by atoms with E-state index in [2.05, 4.69) is 35.9 Å². The smallest absolute Gasteiger partial charge is 0.240 e. The first-order chi connectivity index (χ1) is 10.4. The summed E-state index contributed by atoms with van der Waals surface area (Å²) < 4.78 is 23.2. The standard InChI is InChI=1S/C14H15N3O3S2/c1-14(2,3)10-7-15-13(21-10)22(18)8-11-16-12(17-20-11)9-5-4-6-19-9/h4-7H,8H2,1-3H3. The molecule has 0 saturated carbocycles. The van der Waals surface area contributed by atoms with E-state index in [0.29, 0.717) is 21.8 Å². The Morgan fingerprint density at radius 3 is 2.82 bits per heavy atom. The average molecular weight is 337 g/mol. The fraction of sp³-hybridized carbons (Fsp3) is 0.357. The molecule has 3 aromatic heterocycles. The summed E-state index contributed by atoms with van der Waals surface area (Å²) in [5.74, 6) is 1.32. The third kappa shape index (κ3) is 3.17. The number of furan rings is 1. The van der Waals surface area contributed by atoms with E-state index in [4.69, 9.17) is 8.94 Å². The van der Waals surface area contributed by atoms with Crippen molar-refractivity contribution < 1.29 is 13.1 Å². The summed E-state index contributed by atoms with van der Waals surface area (Å²) in [7, 11) is -1.30. The van der Waals surface area contributed by atoms with Crippen LogP contribution >= 0.6 is 11.3 Å². The Labute approximate surface area is 134 Å². The van der Waals surface area contributed by atoms with Crippen molar-refractivity contribution in [2.24, 2.45) is 0 Å². The summed E-state index contributed by atoms with van der Waals surface area (Å²) >= 11 is 1.45. The molecule has 0 radical (unpaired) electrons. The molecule has 3 rings (SSSR count). The molecule has 0 aliphatic carbocycles. The van der Waals surface area contributed by atoms with Crippen molar-refractivity contribution >= 4 is 22.1 Å². The van der Waals surface area contributed by atoms with E-state index < -0.39 is 10.8 Å². The number of hydrogen-bond acceptors (Lipinski definition) is 7. The van der Waals surface area contributed by atoms with Crippen molar-refractivity contribution in [1.29, 1.82) is 0 Å². The molecular formula is C14H15N3O3S2. The van der Waals surface area contributed by atoms with Gasteiger partial charge in [0.1, 0.15) is 5.75 Å². The average Bonchev–Trinajstić information content (AvgIpc) is 3.19. The lowest BCUT2D eigenvalue weighted by Gasteiger charge is -2.14. The third-order valence-electron chi connectivity index (χ3n) is 2.88. The van der Waals surface area contributed by atoms with Crippen LogP contribution in [0.15, 0.2) is 37.9 Å². The summed E-state index contributed by atoms with van der Waals surface area (Å²) in [5.41, 5.74) is -0.00292. The number of aromatic nitrogens is 3. The molecule has 0 saturated heterocycles. The van der Waals surface area contributed by atoms with Crippen molar-refractivity contribution in [3.05, 3.63) is 35.4 Å². The van der Waals surface area contributed by atoms with Crippen molar-refractivity contribution in [3.63, 3.8) is 0 Å². The Hall–Kier alpha value is -1.80. The van der Waals surface area contributed by atoms with E-state index >= 15 is 0 Å². The van der Waals surface area contributed by atoms with Crippen molar-refractivity contribution in [2.75, 3.05) is 0 Å². The van der Waals surface area contributed by atoms with Gasteiger partial charge in [-0.05, 0) is 17.5 Å². The Kier molecular flexibility index (Phi) is 3.96. The van der Waals surface area contributed by atoms with Gasteiger partial charge in [0.15, 0.2) is 10.1 Å². The summed E-state index contributed by atoms with van der Waals surface area (Å²) in [6.07, 6.45) is 3.31. The highest BCUT2D eigenvalue weighted by molar-refractivity contribution is 7.86. The van der Waals surface area contributed by atoms with Gasteiger partial charge >= 0.3 is 0 Å². The van der Waals surface area contributed by atoms with E-state index in [1.807, 2.05) is 0 Å². The maximum absolute atomic E-state index is 12.4. The molecule has 6 nitrogen and oxygen atoms in total. The van der Waals surface area contributed by atoms with E-state index in [-0.39, 0.29) is 11.2 Å². The van der Waals surface area contributed by atoms with Crippen LogP contribution in [0.2, 0.25) is 0 Å². The Balaban J connectivity index is 1.73. The van der Waals surface area contributed by atoms with Crippen LogP contribution in [0.25, 0.3) is 11.6 Å². The molecule has 3 aromatic rings. The highest BCUT2D eigenvalue weighted by Crippen LogP contribution is 2.29. The molecule has 0 N–H and O–H groups in total. The van der Waals surface area contributed by atoms with Crippen LogP contribution in [0.4, 0.5) is 0 Å². The lowest BCUT2D eigenvalue weighted by molar-refractivity contribution is 0.389. The predicted octanol–water partition coefficient (Wildman–Crippen LogP) is 3.39. The zero-order chi connectivity index (χ0) is 15.7. The van der Waals surface area contributed by atoms with Gasteiger partial charge in [0, 0.05) is 11.1 Å². The zero-order valence-electron chi connectivity index (χ0n) is 12.4. The molecule has 3 heterocycles. The van der Waals surface area contributed by atoms with Crippen molar-refractivity contribution in [2.45, 2.75) is 36.3 Å². The summed E-state index contributed by atoms with van der Waals surface area (Å²) in [6, 6.07) is 3.48. The summed E-state index contributed by atoms with van der Waals surface area (Å²) in [5, 5.41) is 3.82. The first kappa shape index (κ1) is 15.1. The van der Waals surface area contributed by atoms with Crippen LogP contribution in [-0.4, -0.2) is 19.3 Å². The minimum Gasteiger partial charge on any atom is -0.461 e. The van der Waals surface area contributed by atoms with E-state index in [9.17, 15) is 4.21 Å². The molecular weight excluding hydrogens is 322 g/mol. The van der Waals surface area contributed by atoms with Gasteiger partial charge in [-0.15, -0.1) is 11.3 Å². The zero-order valence-corrected chi connectivity index (χ0v) is 14.0.